The minimum atomic E-state index is -2.50. The Bertz CT molecular complexity index is 92.4. The molecule has 0 aromatic carbocycles. The molecule has 1 rings (SSSR count). The Morgan fingerprint density at radius 2 is 2.25 bits per heavy atom. The molecule has 0 bridgehead atoms. The number of alkyl halides is 2. The summed E-state index contributed by atoms with van der Waals surface area (Å²) in [5, 5.41) is 8.12. The van der Waals surface area contributed by atoms with Crippen molar-refractivity contribution in [1.29, 1.82) is 0 Å². The van der Waals surface area contributed by atoms with E-state index in [9.17, 15) is 8.78 Å². The first-order valence-corrected chi connectivity index (χ1v) is 2.49. The summed E-state index contributed by atoms with van der Waals surface area (Å²) in [6.45, 7) is -0.236. The molecule has 0 spiro atoms. The van der Waals surface area contributed by atoms with Crippen molar-refractivity contribution in [2.24, 2.45) is 5.92 Å². The van der Waals surface area contributed by atoms with Crippen molar-refractivity contribution in [1.82, 2.24) is 0 Å². The zero-order valence-corrected chi connectivity index (χ0v) is 4.27. The predicted octanol–water partition coefficient (Wildman–Crippen LogP) is 0.838. The quantitative estimate of drug-likeness (QED) is 0.574. The zero-order chi connectivity index (χ0) is 6.20. The summed E-state index contributed by atoms with van der Waals surface area (Å²) in [7, 11) is 0. The molecule has 8 heavy (non-hydrogen) atoms. The molecule has 0 amide bonds. The predicted molar refractivity (Wildman–Crippen MR) is 24.4 cm³/mol. The van der Waals surface area contributed by atoms with Gasteiger partial charge in [0.05, 0.1) is 0 Å². The van der Waals surface area contributed by atoms with Crippen molar-refractivity contribution in [2.75, 3.05) is 6.61 Å². The molecule has 0 aliphatic heterocycles. The highest BCUT2D eigenvalue weighted by atomic mass is 19.3. The summed E-state index contributed by atoms with van der Waals surface area (Å²) < 4.78 is 23.7. The van der Waals surface area contributed by atoms with E-state index < -0.39 is 11.8 Å². The van der Waals surface area contributed by atoms with Crippen molar-refractivity contribution in [3.63, 3.8) is 0 Å². The molecule has 1 radical (unpaired) electrons. The minimum absolute atomic E-state index is 0.0758. The van der Waals surface area contributed by atoms with Gasteiger partial charge >= 0.3 is 0 Å². The van der Waals surface area contributed by atoms with Crippen LogP contribution in [-0.4, -0.2) is 17.6 Å². The van der Waals surface area contributed by atoms with Gasteiger partial charge in [0.15, 0.2) is 0 Å². The van der Waals surface area contributed by atoms with Crippen LogP contribution >= 0.6 is 0 Å². The fraction of sp³-hybridized carbons (Fsp3) is 0.800. The lowest BCUT2D eigenvalue weighted by molar-refractivity contribution is 0.102. The van der Waals surface area contributed by atoms with E-state index in [0.717, 1.165) is 0 Å². The largest absolute Gasteiger partial charge is 0.396 e. The first-order chi connectivity index (χ1) is 3.67. The highest BCUT2D eigenvalue weighted by molar-refractivity contribution is 5.02. The topological polar surface area (TPSA) is 20.2 Å². The standard InChI is InChI=1S/C5H7F2O/c6-5(7)3-4(5)1-2-8/h1,4,8H,2-3H2. The summed E-state index contributed by atoms with van der Waals surface area (Å²) in [6.07, 6.45) is 1.16. The number of aliphatic hydroxyl groups excluding tert-OH is 1. The minimum Gasteiger partial charge on any atom is -0.396 e. The molecule has 1 fully saturated rings. The van der Waals surface area contributed by atoms with Crippen molar-refractivity contribution < 1.29 is 13.9 Å². The molecule has 1 N–H and O–H groups in total. The van der Waals surface area contributed by atoms with Crippen LogP contribution in [0.3, 0.4) is 0 Å². The number of hydrogen-bond acceptors (Lipinski definition) is 1. The van der Waals surface area contributed by atoms with E-state index in [4.69, 9.17) is 5.11 Å². The Morgan fingerprint density at radius 1 is 1.75 bits per heavy atom. The van der Waals surface area contributed by atoms with Crippen LogP contribution in [0.4, 0.5) is 8.78 Å². The molecule has 1 unspecified atom stereocenters. The van der Waals surface area contributed by atoms with Gasteiger partial charge < -0.3 is 5.11 Å². The van der Waals surface area contributed by atoms with E-state index in [-0.39, 0.29) is 13.0 Å². The molecular weight excluding hydrogens is 114 g/mol. The van der Waals surface area contributed by atoms with E-state index in [0.29, 0.717) is 0 Å². The molecule has 47 valence electrons. The number of halogens is 2. The van der Waals surface area contributed by atoms with Crippen LogP contribution in [0.1, 0.15) is 6.42 Å². The van der Waals surface area contributed by atoms with Gasteiger partial charge in [0.2, 0.25) is 0 Å². The van der Waals surface area contributed by atoms with Gasteiger partial charge in [-0.3, -0.25) is 0 Å². The van der Waals surface area contributed by atoms with E-state index in [2.05, 4.69) is 0 Å². The summed E-state index contributed by atoms with van der Waals surface area (Å²) >= 11 is 0. The number of rotatable bonds is 2. The average Bonchev–Trinajstić information content (AvgIpc) is 2.15. The third kappa shape index (κ3) is 0.968. The van der Waals surface area contributed by atoms with Crippen LogP contribution < -0.4 is 0 Å². The fourth-order valence-corrected chi connectivity index (χ4v) is 0.617. The Kier molecular flexibility index (Phi) is 1.23. The van der Waals surface area contributed by atoms with E-state index in [1.807, 2.05) is 0 Å². The Hall–Kier alpha value is -0.180. The number of aliphatic hydroxyl groups is 1. The summed E-state index contributed by atoms with van der Waals surface area (Å²) in [5.74, 6) is -3.14. The second-order valence-corrected chi connectivity index (χ2v) is 1.99. The summed E-state index contributed by atoms with van der Waals surface area (Å²) in [6, 6.07) is 0. The number of hydrogen-bond donors (Lipinski definition) is 1. The SMILES string of the molecule is OC[CH]C1CC1(F)F. The lowest BCUT2D eigenvalue weighted by atomic mass is 10.3. The molecule has 1 nitrogen and oxygen atoms in total. The molecular formula is C5H7F2O. The molecule has 0 heterocycles. The normalized spacial score (nSPS) is 32.6. The van der Waals surface area contributed by atoms with Gasteiger partial charge in [0.1, 0.15) is 0 Å². The van der Waals surface area contributed by atoms with Crippen LogP contribution in [0.5, 0.6) is 0 Å². The second kappa shape index (κ2) is 1.65. The third-order valence-corrected chi connectivity index (χ3v) is 1.26. The summed E-state index contributed by atoms with van der Waals surface area (Å²) in [4.78, 5) is 0. The smallest absolute Gasteiger partial charge is 0.252 e. The van der Waals surface area contributed by atoms with Crippen molar-refractivity contribution >= 4 is 0 Å². The lowest BCUT2D eigenvalue weighted by Crippen LogP contribution is -1.96. The Labute approximate surface area is 46.3 Å². The molecule has 1 aliphatic carbocycles. The van der Waals surface area contributed by atoms with E-state index in [1.54, 1.807) is 0 Å². The van der Waals surface area contributed by atoms with Crippen LogP contribution in [0.25, 0.3) is 0 Å². The Balaban J connectivity index is 2.17. The maximum absolute atomic E-state index is 11.8. The van der Waals surface area contributed by atoms with Crippen molar-refractivity contribution in [3.8, 4) is 0 Å². The van der Waals surface area contributed by atoms with E-state index >= 15 is 0 Å². The van der Waals surface area contributed by atoms with Crippen LogP contribution in [0.15, 0.2) is 0 Å². The Morgan fingerprint density at radius 3 is 2.38 bits per heavy atom. The second-order valence-electron chi connectivity index (χ2n) is 1.99. The van der Waals surface area contributed by atoms with Gasteiger partial charge in [-0.2, -0.15) is 0 Å². The van der Waals surface area contributed by atoms with Crippen LogP contribution in [0.2, 0.25) is 0 Å². The first-order valence-electron chi connectivity index (χ1n) is 2.49. The highest BCUT2D eigenvalue weighted by Gasteiger charge is 2.56. The van der Waals surface area contributed by atoms with Gasteiger partial charge in [-0.1, -0.05) is 0 Å². The van der Waals surface area contributed by atoms with Crippen LogP contribution in [-0.2, 0) is 0 Å². The average molecular weight is 121 g/mol. The van der Waals surface area contributed by atoms with Crippen molar-refractivity contribution in [2.45, 2.75) is 12.3 Å². The molecule has 0 aromatic heterocycles. The third-order valence-electron chi connectivity index (χ3n) is 1.26. The van der Waals surface area contributed by atoms with Crippen LogP contribution in [0, 0.1) is 12.3 Å². The van der Waals surface area contributed by atoms with Gasteiger partial charge in [-0.05, 0) is 6.42 Å². The first kappa shape index (κ1) is 5.95. The molecule has 0 saturated heterocycles. The van der Waals surface area contributed by atoms with Gasteiger partial charge in [-0.15, -0.1) is 0 Å². The molecule has 1 saturated carbocycles. The maximum Gasteiger partial charge on any atom is 0.252 e. The van der Waals surface area contributed by atoms with Gasteiger partial charge in [0.25, 0.3) is 5.92 Å². The van der Waals surface area contributed by atoms with Gasteiger partial charge in [-0.25, -0.2) is 8.78 Å². The molecule has 0 aromatic rings. The zero-order valence-electron chi connectivity index (χ0n) is 4.27. The van der Waals surface area contributed by atoms with Gasteiger partial charge in [0, 0.05) is 18.9 Å². The molecule has 1 aliphatic rings. The lowest BCUT2D eigenvalue weighted by Gasteiger charge is -1.90. The maximum atomic E-state index is 11.8. The molecule has 3 heteroatoms. The molecule has 1 atom stereocenters. The van der Waals surface area contributed by atoms with E-state index in [1.165, 1.54) is 6.42 Å². The fourth-order valence-electron chi connectivity index (χ4n) is 0.617. The summed E-state index contributed by atoms with van der Waals surface area (Å²) in [5.41, 5.74) is 0. The monoisotopic (exact) mass is 121 g/mol. The highest BCUT2D eigenvalue weighted by Crippen LogP contribution is 2.49. The van der Waals surface area contributed by atoms with Crippen molar-refractivity contribution in [3.05, 3.63) is 6.42 Å².